The van der Waals surface area contributed by atoms with E-state index in [-0.39, 0.29) is 0 Å². The number of nitrogens with zero attached hydrogens (tertiary/aromatic N) is 2. The van der Waals surface area contributed by atoms with Gasteiger partial charge in [-0.15, -0.1) is 0 Å². The first-order chi connectivity index (χ1) is 9.81. The van der Waals surface area contributed by atoms with E-state index in [0.29, 0.717) is 0 Å². The molecule has 0 saturated heterocycles. The summed E-state index contributed by atoms with van der Waals surface area (Å²) in [7, 11) is 1.67. The first-order valence-corrected chi connectivity index (χ1v) is 6.74. The second kappa shape index (κ2) is 7.33. The zero-order valence-corrected chi connectivity index (χ0v) is 11.9. The number of methoxy groups -OCH3 is 1. The fraction of sp³-hybridized carbons (Fsp3) is 0.333. The largest absolute Gasteiger partial charge is 0.497 e. The van der Waals surface area contributed by atoms with Gasteiger partial charge in [-0.3, -0.25) is 4.98 Å². The van der Waals surface area contributed by atoms with Gasteiger partial charge in [0.05, 0.1) is 19.5 Å². The van der Waals surface area contributed by atoms with Gasteiger partial charge in [0.1, 0.15) is 17.4 Å². The Kier molecular flexibility index (Phi) is 5.17. The molecule has 0 bridgehead atoms. The van der Waals surface area contributed by atoms with Crippen molar-refractivity contribution < 1.29 is 4.74 Å². The predicted molar refractivity (Wildman–Crippen MR) is 81.4 cm³/mol. The van der Waals surface area contributed by atoms with Gasteiger partial charge in [-0.05, 0) is 31.0 Å². The maximum absolute atomic E-state index is 5.14. The SMILES string of the molecule is CCNc1cncc(NCCc2ccc(OC)cc2)n1. The van der Waals surface area contributed by atoms with Crippen molar-refractivity contribution in [2.24, 2.45) is 0 Å². The first kappa shape index (κ1) is 14.1. The van der Waals surface area contributed by atoms with Crippen molar-refractivity contribution in [3.05, 3.63) is 42.2 Å². The van der Waals surface area contributed by atoms with Crippen molar-refractivity contribution in [2.45, 2.75) is 13.3 Å². The summed E-state index contributed by atoms with van der Waals surface area (Å²) in [5.41, 5.74) is 1.26. The lowest BCUT2D eigenvalue weighted by molar-refractivity contribution is 0.414. The Labute approximate surface area is 119 Å². The third-order valence-electron chi connectivity index (χ3n) is 2.87. The Balaban J connectivity index is 1.84. The van der Waals surface area contributed by atoms with Crippen LogP contribution in [0.4, 0.5) is 11.6 Å². The van der Waals surface area contributed by atoms with E-state index in [2.05, 4.69) is 32.7 Å². The van der Waals surface area contributed by atoms with E-state index in [9.17, 15) is 0 Å². The van der Waals surface area contributed by atoms with E-state index in [1.807, 2.05) is 19.1 Å². The molecule has 0 amide bonds. The quantitative estimate of drug-likeness (QED) is 0.811. The molecule has 0 fully saturated rings. The lowest BCUT2D eigenvalue weighted by Crippen LogP contribution is -2.08. The molecule has 0 saturated carbocycles. The Hall–Kier alpha value is -2.30. The van der Waals surface area contributed by atoms with Crippen LogP contribution in [0.1, 0.15) is 12.5 Å². The van der Waals surface area contributed by atoms with Crippen molar-refractivity contribution in [1.29, 1.82) is 0 Å². The summed E-state index contributed by atoms with van der Waals surface area (Å²) in [6, 6.07) is 8.09. The molecule has 5 nitrogen and oxygen atoms in total. The molecule has 0 aliphatic rings. The Morgan fingerprint density at radius 3 is 2.40 bits per heavy atom. The fourth-order valence-corrected chi connectivity index (χ4v) is 1.84. The minimum absolute atomic E-state index is 0.789. The maximum Gasteiger partial charge on any atom is 0.146 e. The molecule has 0 aliphatic heterocycles. The molecule has 0 spiro atoms. The molecule has 0 aliphatic carbocycles. The van der Waals surface area contributed by atoms with Crippen LogP contribution in [0.15, 0.2) is 36.7 Å². The van der Waals surface area contributed by atoms with Crippen LogP contribution >= 0.6 is 0 Å². The maximum atomic E-state index is 5.14. The van der Waals surface area contributed by atoms with Crippen LogP contribution in [0, 0.1) is 0 Å². The molecule has 5 heteroatoms. The van der Waals surface area contributed by atoms with E-state index in [0.717, 1.165) is 36.9 Å². The molecule has 0 atom stereocenters. The lowest BCUT2D eigenvalue weighted by atomic mass is 10.1. The average Bonchev–Trinajstić information content (AvgIpc) is 2.49. The topological polar surface area (TPSA) is 59.1 Å². The van der Waals surface area contributed by atoms with E-state index >= 15 is 0 Å². The molecule has 1 aromatic carbocycles. The molecule has 0 radical (unpaired) electrons. The smallest absolute Gasteiger partial charge is 0.146 e. The highest BCUT2D eigenvalue weighted by Gasteiger charge is 1.98. The lowest BCUT2D eigenvalue weighted by Gasteiger charge is -2.08. The number of nitrogens with one attached hydrogen (secondary N) is 2. The summed E-state index contributed by atoms with van der Waals surface area (Å²) < 4.78 is 5.14. The number of hydrogen-bond acceptors (Lipinski definition) is 5. The standard InChI is InChI=1S/C15H20N4O/c1-3-17-14-10-16-11-15(19-14)18-9-8-12-4-6-13(20-2)7-5-12/h4-7,10-11H,3,8-9H2,1-2H3,(H2,17,18,19). The Morgan fingerprint density at radius 2 is 1.75 bits per heavy atom. The molecule has 106 valence electrons. The summed E-state index contributed by atoms with van der Waals surface area (Å²) in [4.78, 5) is 8.56. The normalized spacial score (nSPS) is 10.1. The van der Waals surface area contributed by atoms with Gasteiger partial charge in [-0.2, -0.15) is 0 Å². The van der Waals surface area contributed by atoms with Crippen LogP contribution in [0.5, 0.6) is 5.75 Å². The van der Waals surface area contributed by atoms with Gasteiger partial charge >= 0.3 is 0 Å². The van der Waals surface area contributed by atoms with Crippen molar-refractivity contribution in [1.82, 2.24) is 9.97 Å². The minimum atomic E-state index is 0.789. The minimum Gasteiger partial charge on any atom is -0.497 e. The highest BCUT2D eigenvalue weighted by atomic mass is 16.5. The summed E-state index contributed by atoms with van der Waals surface area (Å²) in [6.45, 7) is 3.69. The predicted octanol–water partition coefficient (Wildman–Crippen LogP) is 2.57. The van der Waals surface area contributed by atoms with E-state index < -0.39 is 0 Å². The highest BCUT2D eigenvalue weighted by molar-refractivity contribution is 5.41. The first-order valence-electron chi connectivity index (χ1n) is 6.74. The number of anilines is 2. The van der Waals surface area contributed by atoms with E-state index in [4.69, 9.17) is 4.74 Å². The average molecular weight is 272 g/mol. The second-order valence-electron chi connectivity index (χ2n) is 4.34. The van der Waals surface area contributed by atoms with E-state index in [1.54, 1.807) is 19.5 Å². The van der Waals surface area contributed by atoms with Crippen LogP contribution in [0.3, 0.4) is 0 Å². The van der Waals surface area contributed by atoms with Crippen molar-refractivity contribution in [3.8, 4) is 5.75 Å². The Bertz CT molecular complexity index is 528. The molecular weight excluding hydrogens is 252 g/mol. The Morgan fingerprint density at radius 1 is 1.05 bits per heavy atom. The summed E-state index contributed by atoms with van der Waals surface area (Å²) in [5, 5.41) is 6.42. The van der Waals surface area contributed by atoms with Gasteiger partial charge in [-0.1, -0.05) is 12.1 Å². The number of rotatable bonds is 7. The molecule has 2 N–H and O–H groups in total. The monoisotopic (exact) mass is 272 g/mol. The van der Waals surface area contributed by atoms with Crippen molar-refractivity contribution in [3.63, 3.8) is 0 Å². The van der Waals surface area contributed by atoms with E-state index in [1.165, 1.54) is 5.56 Å². The number of ether oxygens (including phenoxy) is 1. The second-order valence-corrected chi connectivity index (χ2v) is 4.34. The number of hydrogen-bond donors (Lipinski definition) is 2. The molecule has 0 unspecified atom stereocenters. The van der Waals surface area contributed by atoms with Gasteiger partial charge in [0.25, 0.3) is 0 Å². The van der Waals surface area contributed by atoms with Crippen LogP contribution in [-0.4, -0.2) is 30.2 Å². The number of benzene rings is 1. The molecule has 1 heterocycles. The van der Waals surface area contributed by atoms with Crippen molar-refractivity contribution >= 4 is 11.6 Å². The van der Waals surface area contributed by atoms with Gasteiger partial charge in [0, 0.05) is 13.1 Å². The molecule has 20 heavy (non-hydrogen) atoms. The third kappa shape index (κ3) is 4.12. The summed E-state index contributed by atoms with van der Waals surface area (Å²) in [5.74, 6) is 2.46. The molecule has 1 aromatic heterocycles. The van der Waals surface area contributed by atoms with Crippen LogP contribution in [0.25, 0.3) is 0 Å². The molecule has 2 rings (SSSR count). The van der Waals surface area contributed by atoms with Crippen LogP contribution < -0.4 is 15.4 Å². The van der Waals surface area contributed by atoms with Gasteiger partial charge < -0.3 is 15.4 Å². The van der Waals surface area contributed by atoms with Crippen LogP contribution in [-0.2, 0) is 6.42 Å². The third-order valence-corrected chi connectivity index (χ3v) is 2.87. The molecule has 2 aromatic rings. The zero-order valence-electron chi connectivity index (χ0n) is 11.9. The number of aromatic nitrogens is 2. The van der Waals surface area contributed by atoms with Crippen molar-refractivity contribution in [2.75, 3.05) is 30.8 Å². The zero-order chi connectivity index (χ0) is 14.2. The summed E-state index contributed by atoms with van der Waals surface area (Å²) >= 11 is 0. The van der Waals surface area contributed by atoms with Gasteiger partial charge in [0.15, 0.2) is 0 Å². The van der Waals surface area contributed by atoms with Gasteiger partial charge in [-0.25, -0.2) is 4.98 Å². The van der Waals surface area contributed by atoms with Gasteiger partial charge in [0.2, 0.25) is 0 Å². The summed E-state index contributed by atoms with van der Waals surface area (Å²) in [6.07, 6.45) is 4.38. The molecular formula is C15H20N4O. The van der Waals surface area contributed by atoms with Crippen LogP contribution in [0.2, 0.25) is 0 Å². The highest BCUT2D eigenvalue weighted by Crippen LogP contribution is 2.12. The fourth-order valence-electron chi connectivity index (χ4n) is 1.84.